The van der Waals surface area contributed by atoms with Crippen LogP contribution in [0.1, 0.15) is 48.3 Å². The van der Waals surface area contributed by atoms with E-state index < -0.39 is 23.4 Å². The van der Waals surface area contributed by atoms with E-state index in [9.17, 15) is 19.7 Å². The molecule has 0 unspecified atom stereocenters. The average molecular weight is 414 g/mol. The first kappa shape index (κ1) is 22.9. The second-order valence-corrected chi connectivity index (χ2v) is 7.35. The summed E-state index contributed by atoms with van der Waals surface area (Å²) in [6, 6.07) is 11.3. The van der Waals surface area contributed by atoms with Gasteiger partial charge in [0.15, 0.2) is 6.61 Å². The molecule has 160 valence electrons. The highest BCUT2D eigenvalue weighted by atomic mass is 16.6. The van der Waals surface area contributed by atoms with Gasteiger partial charge in [0.1, 0.15) is 11.3 Å². The molecule has 0 radical (unpaired) electrons. The Hall–Kier alpha value is -3.42. The summed E-state index contributed by atoms with van der Waals surface area (Å²) in [4.78, 5) is 34.7. The van der Waals surface area contributed by atoms with Crippen LogP contribution in [0.3, 0.4) is 0 Å². The zero-order valence-electron chi connectivity index (χ0n) is 17.5. The zero-order valence-corrected chi connectivity index (χ0v) is 17.5. The van der Waals surface area contributed by atoms with Gasteiger partial charge >= 0.3 is 5.97 Å². The number of carbonyl (C=O) groups is 2. The van der Waals surface area contributed by atoms with Crippen molar-refractivity contribution in [3.8, 4) is 5.75 Å². The number of nitrogens with zero attached hydrogens (tertiary/aromatic N) is 1. The summed E-state index contributed by atoms with van der Waals surface area (Å²) in [5.74, 6) is -0.670. The fraction of sp³-hybridized carbons (Fsp3) is 0.364. The van der Waals surface area contributed by atoms with E-state index in [0.717, 1.165) is 18.1 Å². The van der Waals surface area contributed by atoms with Gasteiger partial charge < -0.3 is 14.8 Å². The van der Waals surface area contributed by atoms with Crippen molar-refractivity contribution in [2.24, 2.45) is 5.92 Å². The second-order valence-electron chi connectivity index (χ2n) is 7.35. The molecule has 0 spiro atoms. The molecule has 0 aromatic heterocycles. The number of non-ortho nitro benzene ring substituents is 1. The maximum atomic E-state index is 12.3. The van der Waals surface area contributed by atoms with Crippen LogP contribution in [0.15, 0.2) is 42.5 Å². The van der Waals surface area contributed by atoms with Gasteiger partial charge in [-0.15, -0.1) is 0 Å². The highest BCUT2D eigenvalue weighted by molar-refractivity contribution is 5.94. The number of hydrogen-bond acceptors (Lipinski definition) is 6. The number of nitrogens with one attached hydrogen (secondary N) is 1. The Morgan fingerprint density at radius 3 is 2.33 bits per heavy atom. The Labute approximate surface area is 175 Å². The number of ether oxygens (including phenoxy) is 2. The molecule has 0 saturated heterocycles. The van der Waals surface area contributed by atoms with Gasteiger partial charge in [-0.25, -0.2) is 4.79 Å². The van der Waals surface area contributed by atoms with E-state index in [2.05, 4.69) is 19.2 Å². The van der Waals surface area contributed by atoms with Gasteiger partial charge in [-0.2, -0.15) is 0 Å². The molecule has 0 aliphatic heterocycles. The summed E-state index contributed by atoms with van der Waals surface area (Å²) < 4.78 is 10.1. The van der Waals surface area contributed by atoms with Crippen molar-refractivity contribution in [2.45, 2.75) is 33.2 Å². The normalized spacial score (nSPS) is 11.6. The SMILES string of the molecule is COc1ccc([N+](=O)[O-])cc1C(=O)OCC(=O)N[C@@H](C)c1ccc(CC(C)C)cc1. The minimum Gasteiger partial charge on any atom is -0.496 e. The Balaban J connectivity index is 1.94. The second kappa shape index (κ2) is 10.4. The fourth-order valence-corrected chi connectivity index (χ4v) is 2.96. The maximum Gasteiger partial charge on any atom is 0.342 e. The van der Waals surface area contributed by atoms with Crippen LogP contribution in [0, 0.1) is 16.0 Å². The first-order valence-electron chi connectivity index (χ1n) is 9.59. The summed E-state index contributed by atoms with van der Waals surface area (Å²) >= 11 is 0. The number of rotatable bonds is 9. The van der Waals surface area contributed by atoms with Crippen molar-refractivity contribution >= 4 is 17.6 Å². The number of nitro groups is 1. The van der Waals surface area contributed by atoms with Crippen LogP contribution in [0.4, 0.5) is 5.69 Å². The van der Waals surface area contributed by atoms with E-state index >= 15 is 0 Å². The topological polar surface area (TPSA) is 108 Å². The van der Waals surface area contributed by atoms with Crippen LogP contribution in [0.25, 0.3) is 0 Å². The van der Waals surface area contributed by atoms with Crippen molar-refractivity contribution < 1.29 is 24.0 Å². The highest BCUT2D eigenvalue weighted by Gasteiger charge is 2.20. The van der Waals surface area contributed by atoms with Gasteiger partial charge in [0.25, 0.3) is 11.6 Å². The predicted molar refractivity (Wildman–Crippen MR) is 111 cm³/mol. The molecule has 0 saturated carbocycles. The van der Waals surface area contributed by atoms with Gasteiger partial charge in [0.2, 0.25) is 0 Å². The average Bonchev–Trinajstić information content (AvgIpc) is 2.71. The first-order valence-corrected chi connectivity index (χ1v) is 9.59. The molecule has 2 aromatic rings. The third-order valence-corrected chi connectivity index (χ3v) is 4.45. The Bertz CT molecular complexity index is 908. The monoisotopic (exact) mass is 414 g/mol. The summed E-state index contributed by atoms with van der Waals surface area (Å²) in [6.07, 6.45) is 0.984. The number of benzene rings is 2. The van der Waals surface area contributed by atoms with E-state index in [1.165, 1.54) is 24.8 Å². The van der Waals surface area contributed by atoms with Crippen molar-refractivity contribution in [3.63, 3.8) is 0 Å². The van der Waals surface area contributed by atoms with Gasteiger partial charge in [0.05, 0.1) is 18.1 Å². The number of esters is 1. The number of carbonyl (C=O) groups excluding carboxylic acids is 2. The minimum absolute atomic E-state index is 0.117. The summed E-state index contributed by atoms with van der Waals surface area (Å²) in [5, 5.41) is 13.7. The molecule has 1 atom stereocenters. The number of methoxy groups -OCH3 is 1. The molecular weight excluding hydrogens is 388 g/mol. The van der Waals surface area contributed by atoms with Crippen LogP contribution in [0.5, 0.6) is 5.75 Å². The largest absolute Gasteiger partial charge is 0.496 e. The smallest absolute Gasteiger partial charge is 0.342 e. The van der Waals surface area contributed by atoms with Crippen molar-refractivity contribution in [1.29, 1.82) is 0 Å². The lowest BCUT2D eigenvalue weighted by Crippen LogP contribution is -2.31. The van der Waals surface area contributed by atoms with Gasteiger partial charge in [-0.3, -0.25) is 14.9 Å². The third kappa shape index (κ3) is 6.30. The lowest BCUT2D eigenvalue weighted by atomic mass is 10.00. The van der Waals surface area contributed by atoms with E-state index in [1.807, 2.05) is 31.2 Å². The predicted octanol–water partition coefficient (Wildman–Crippen LogP) is 3.84. The zero-order chi connectivity index (χ0) is 22.3. The van der Waals surface area contributed by atoms with Crippen LogP contribution in [0.2, 0.25) is 0 Å². The molecule has 2 aromatic carbocycles. The van der Waals surface area contributed by atoms with Gasteiger partial charge in [0, 0.05) is 12.1 Å². The molecule has 8 nitrogen and oxygen atoms in total. The molecule has 1 N–H and O–H groups in total. The van der Waals surface area contributed by atoms with Crippen molar-refractivity contribution in [2.75, 3.05) is 13.7 Å². The summed E-state index contributed by atoms with van der Waals surface area (Å²) in [5.41, 5.74) is 1.77. The molecule has 0 aliphatic rings. The van der Waals surface area contributed by atoms with E-state index in [1.54, 1.807) is 0 Å². The molecular formula is C22H26N2O6. The summed E-state index contributed by atoms with van der Waals surface area (Å²) in [7, 11) is 1.33. The molecule has 0 bridgehead atoms. The fourth-order valence-electron chi connectivity index (χ4n) is 2.96. The van der Waals surface area contributed by atoms with E-state index in [4.69, 9.17) is 9.47 Å². The Morgan fingerprint density at radius 2 is 1.77 bits per heavy atom. The lowest BCUT2D eigenvalue weighted by Gasteiger charge is -2.15. The number of nitro benzene ring substituents is 1. The van der Waals surface area contributed by atoms with E-state index in [-0.39, 0.29) is 23.0 Å². The molecule has 0 aliphatic carbocycles. The molecule has 0 heterocycles. The molecule has 1 amide bonds. The standard InChI is InChI=1S/C22H26N2O6/c1-14(2)11-16-5-7-17(8-6-16)15(3)23-21(25)13-30-22(26)19-12-18(24(27)28)9-10-20(19)29-4/h5-10,12,14-15H,11,13H2,1-4H3,(H,23,25)/t15-/m0/s1. The first-order chi connectivity index (χ1) is 14.2. The molecule has 2 rings (SSSR count). The number of amides is 1. The molecule has 8 heteroatoms. The highest BCUT2D eigenvalue weighted by Crippen LogP contribution is 2.24. The van der Waals surface area contributed by atoms with Crippen LogP contribution >= 0.6 is 0 Å². The Kier molecular flexibility index (Phi) is 7.91. The van der Waals surface area contributed by atoms with Crippen molar-refractivity contribution in [3.05, 3.63) is 69.3 Å². The lowest BCUT2D eigenvalue weighted by molar-refractivity contribution is -0.384. The van der Waals surface area contributed by atoms with Crippen LogP contribution in [-0.4, -0.2) is 30.5 Å². The molecule has 0 fully saturated rings. The maximum absolute atomic E-state index is 12.3. The van der Waals surface area contributed by atoms with Gasteiger partial charge in [-0.05, 0) is 36.5 Å². The Morgan fingerprint density at radius 1 is 1.10 bits per heavy atom. The minimum atomic E-state index is -0.878. The van der Waals surface area contributed by atoms with Crippen molar-refractivity contribution in [1.82, 2.24) is 5.32 Å². The quantitative estimate of drug-likeness (QED) is 0.379. The van der Waals surface area contributed by atoms with E-state index in [0.29, 0.717) is 5.92 Å². The van der Waals surface area contributed by atoms with Gasteiger partial charge in [-0.1, -0.05) is 38.1 Å². The third-order valence-electron chi connectivity index (χ3n) is 4.45. The van der Waals surface area contributed by atoms with Crippen LogP contribution in [-0.2, 0) is 16.0 Å². The summed E-state index contributed by atoms with van der Waals surface area (Å²) in [6.45, 7) is 5.63. The number of hydrogen-bond donors (Lipinski definition) is 1. The van der Waals surface area contributed by atoms with Crippen LogP contribution < -0.4 is 10.1 Å². The molecule has 30 heavy (non-hydrogen) atoms.